The highest BCUT2D eigenvalue weighted by molar-refractivity contribution is 4.88. The number of nitrogens with one attached hydrogen (secondary N) is 1. The van der Waals surface area contributed by atoms with Gasteiger partial charge in [-0.05, 0) is 57.0 Å². The summed E-state index contributed by atoms with van der Waals surface area (Å²) >= 11 is 0. The molecule has 1 saturated carbocycles. The van der Waals surface area contributed by atoms with Gasteiger partial charge in [0, 0.05) is 18.6 Å². The molecule has 2 rings (SSSR count). The highest BCUT2D eigenvalue weighted by atomic mass is 16.3. The SMILES string of the molecule is CCCC1CCC(NCC)C(CN2CCCCC2CO)C1. The van der Waals surface area contributed by atoms with E-state index in [0.717, 1.165) is 18.4 Å². The second kappa shape index (κ2) is 9.12. The first-order valence-corrected chi connectivity index (χ1v) is 9.36. The van der Waals surface area contributed by atoms with Crippen molar-refractivity contribution in [3.63, 3.8) is 0 Å². The Balaban J connectivity index is 1.94. The van der Waals surface area contributed by atoms with Crippen molar-refractivity contribution in [3.05, 3.63) is 0 Å². The van der Waals surface area contributed by atoms with Crippen LogP contribution in [0.2, 0.25) is 0 Å². The van der Waals surface area contributed by atoms with Crippen LogP contribution in [0.5, 0.6) is 0 Å². The first-order valence-electron chi connectivity index (χ1n) is 9.36. The third-order valence-electron chi connectivity index (χ3n) is 5.68. The van der Waals surface area contributed by atoms with Crippen LogP contribution < -0.4 is 5.32 Å². The summed E-state index contributed by atoms with van der Waals surface area (Å²) in [6, 6.07) is 1.12. The molecule has 1 saturated heterocycles. The summed E-state index contributed by atoms with van der Waals surface area (Å²) in [6.07, 6.45) is 10.7. The average molecular weight is 296 g/mol. The maximum Gasteiger partial charge on any atom is 0.0586 e. The van der Waals surface area contributed by atoms with Crippen LogP contribution in [0, 0.1) is 11.8 Å². The molecule has 0 aromatic heterocycles. The van der Waals surface area contributed by atoms with Gasteiger partial charge in [0.05, 0.1) is 6.61 Å². The predicted octanol–water partition coefficient (Wildman–Crippen LogP) is 3.03. The van der Waals surface area contributed by atoms with Crippen LogP contribution >= 0.6 is 0 Å². The fourth-order valence-corrected chi connectivity index (χ4v) is 4.57. The van der Waals surface area contributed by atoms with Crippen molar-refractivity contribution in [2.45, 2.75) is 77.3 Å². The van der Waals surface area contributed by atoms with Crippen LogP contribution in [0.25, 0.3) is 0 Å². The van der Waals surface area contributed by atoms with Gasteiger partial charge in [0.2, 0.25) is 0 Å². The molecular weight excluding hydrogens is 260 g/mol. The quantitative estimate of drug-likeness (QED) is 0.758. The third-order valence-corrected chi connectivity index (χ3v) is 5.68. The Morgan fingerprint density at radius 1 is 1.14 bits per heavy atom. The van der Waals surface area contributed by atoms with E-state index in [1.807, 2.05) is 0 Å². The van der Waals surface area contributed by atoms with E-state index < -0.39 is 0 Å². The zero-order chi connectivity index (χ0) is 15.1. The minimum absolute atomic E-state index is 0.344. The first kappa shape index (κ1) is 17.2. The Labute approximate surface area is 131 Å². The molecular formula is C18H36N2O. The average Bonchev–Trinajstić information content (AvgIpc) is 2.51. The maximum atomic E-state index is 9.64. The molecule has 4 atom stereocenters. The molecule has 1 heterocycles. The van der Waals surface area contributed by atoms with Gasteiger partial charge in [-0.1, -0.05) is 33.1 Å². The van der Waals surface area contributed by atoms with Crippen LogP contribution in [0.4, 0.5) is 0 Å². The van der Waals surface area contributed by atoms with Crippen molar-refractivity contribution in [3.8, 4) is 0 Å². The van der Waals surface area contributed by atoms with Crippen molar-refractivity contribution in [1.82, 2.24) is 10.2 Å². The lowest BCUT2D eigenvalue weighted by Crippen LogP contribution is -2.50. The maximum absolute atomic E-state index is 9.64. The molecule has 2 N–H and O–H groups in total. The summed E-state index contributed by atoms with van der Waals surface area (Å²) in [6.45, 7) is 8.37. The van der Waals surface area contributed by atoms with Crippen molar-refractivity contribution >= 4 is 0 Å². The minimum atomic E-state index is 0.344. The predicted molar refractivity (Wildman–Crippen MR) is 89.5 cm³/mol. The van der Waals surface area contributed by atoms with Gasteiger partial charge in [-0.25, -0.2) is 0 Å². The van der Waals surface area contributed by atoms with Crippen LogP contribution in [0.1, 0.15) is 65.2 Å². The van der Waals surface area contributed by atoms with Crippen molar-refractivity contribution < 1.29 is 5.11 Å². The lowest BCUT2D eigenvalue weighted by Gasteiger charge is -2.42. The molecule has 1 aliphatic heterocycles. The molecule has 0 aromatic carbocycles. The Kier molecular flexibility index (Phi) is 7.48. The summed E-state index contributed by atoms with van der Waals surface area (Å²) in [5, 5.41) is 13.4. The Bertz CT molecular complexity index is 284. The van der Waals surface area contributed by atoms with Gasteiger partial charge in [-0.15, -0.1) is 0 Å². The number of hydrogen-bond acceptors (Lipinski definition) is 3. The largest absolute Gasteiger partial charge is 0.395 e. The first-order chi connectivity index (χ1) is 10.3. The molecule has 21 heavy (non-hydrogen) atoms. The molecule has 0 amide bonds. The van der Waals surface area contributed by atoms with Gasteiger partial charge in [-0.3, -0.25) is 4.90 Å². The van der Waals surface area contributed by atoms with Crippen molar-refractivity contribution in [2.75, 3.05) is 26.2 Å². The topological polar surface area (TPSA) is 35.5 Å². The molecule has 124 valence electrons. The number of aliphatic hydroxyl groups excluding tert-OH is 1. The van der Waals surface area contributed by atoms with Gasteiger partial charge in [0.15, 0.2) is 0 Å². The number of nitrogens with zero attached hydrogens (tertiary/aromatic N) is 1. The lowest BCUT2D eigenvalue weighted by atomic mass is 9.75. The van der Waals surface area contributed by atoms with Crippen LogP contribution in [-0.2, 0) is 0 Å². The molecule has 0 spiro atoms. The standard InChI is InChI=1S/C18H36N2O/c1-3-7-15-9-10-18(19-4-2)16(12-15)13-20-11-6-5-8-17(20)14-21/h15-19,21H,3-14H2,1-2H3. The van der Waals surface area contributed by atoms with Gasteiger partial charge < -0.3 is 10.4 Å². The fourth-order valence-electron chi connectivity index (χ4n) is 4.57. The Morgan fingerprint density at radius 3 is 2.71 bits per heavy atom. The highest BCUT2D eigenvalue weighted by Gasteiger charge is 2.33. The van der Waals surface area contributed by atoms with Gasteiger partial charge in [0.25, 0.3) is 0 Å². The summed E-state index contributed by atoms with van der Waals surface area (Å²) in [4.78, 5) is 2.59. The third kappa shape index (κ3) is 4.94. The number of rotatable bonds is 7. The molecule has 3 heteroatoms. The van der Waals surface area contributed by atoms with E-state index in [9.17, 15) is 5.11 Å². The molecule has 0 radical (unpaired) electrons. The van der Waals surface area contributed by atoms with Crippen LogP contribution in [0.3, 0.4) is 0 Å². The summed E-state index contributed by atoms with van der Waals surface area (Å²) in [5.74, 6) is 1.72. The lowest BCUT2D eigenvalue weighted by molar-refractivity contribution is 0.0542. The molecule has 0 bridgehead atoms. The molecule has 3 nitrogen and oxygen atoms in total. The van der Waals surface area contributed by atoms with Crippen LogP contribution in [0.15, 0.2) is 0 Å². The normalized spacial score (nSPS) is 35.0. The number of likely N-dealkylation sites (tertiary alicyclic amines) is 1. The molecule has 2 fully saturated rings. The van der Waals surface area contributed by atoms with E-state index in [4.69, 9.17) is 0 Å². The van der Waals surface area contributed by atoms with Crippen LogP contribution in [-0.4, -0.2) is 48.3 Å². The molecule has 4 unspecified atom stereocenters. The highest BCUT2D eigenvalue weighted by Crippen LogP contribution is 2.33. The molecule has 0 aromatic rings. The number of aliphatic hydroxyl groups is 1. The molecule has 2 aliphatic rings. The Morgan fingerprint density at radius 2 is 2.00 bits per heavy atom. The van der Waals surface area contributed by atoms with E-state index in [1.54, 1.807) is 0 Å². The van der Waals surface area contributed by atoms with E-state index in [-0.39, 0.29) is 0 Å². The van der Waals surface area contributed by atoms with E-state index in [0.29, 0.717) is 18.7 Å². The Hall–Kier alpha value is -0.120. The summed E-state index contributed by atoms with van der Waals surface area (Å²) in [5.41, 5.74) is 0. The zero-order valence-corrected chi connectivity index (χ0v) is 14.2. The smallest absolute Gasteiger partial charge is 0.0586 e. The van der Waals surface area contributed by atoms with Gasteiger partial charge >= 0.3 is 0 Å². The summed E-state index contributed by atoms with van der Waals surface area (Å²) < 4.78 is 0. The zero-order valence-electron chi connectivity index (χ0n) is 14.2. The monoisotopic (exact) mass is 296 g/mol. The number of piperidine rings is 1. The van der Waals surface area contributed by atoms with Crippen molar-refractivity contribution in [1.29, 1.82) is 0 Å². The van der Waals surface area contributed by atoms with E-state index in [1.165, 1.54) is 64.5 Å². The van der Waals surface area contributed by atoms with Gasteiger partial charge in [-0.2, -0.15) is 0 Å². The van der Waals surface area contributed by atoms with E-state index in [2.05, 4.69) is 24.1 Å². The van der Waals surface area contributed by atoms with E-state index >= 15 is 0 Å². The second-order valence-electron chi connectivity index (χ2n) is 7.22. The number of hydrogen-bond donors (Lipinski definition) is 2. The second-order valence-corrected chi connectivity index (χ2v) is 7.22. The minimum Gasteiger partial charge on any atom is -0.395 e. The van der Waals surface area contributed by atoms with Gasteiger partial charge in [0.1, 0.15) is 0 Å². The fraction of sp³-hybridized carbons (Fsp3) is 1.00. The van der Waals surface area contributed by atoms with Crippen molar-refractivity contribution in [2.24, 2.45) is 11.8 Å². The molecule has 1 aliphatic carbocycles. The summed E-state index contributed by atoms with van der Waals surface area (Å²) in [7, 11) is 0.